The molecule has 0 spiro atoms. The Kier molecular flexibility index (Phi) is 5.37. The zero-order chi connectivity index (χ0) is 12.0. The maximum atomic E-state index is 5.93. The van der Waals surface area contributed by atoms with E-state index in [1.807, 2.05) is 18.2 Å². The first-order valence-electron chi connectivity index (χ1n) is 6.32. The van der Waals surface area contributed by atoms with Crippen molar-refractivity contribution in [3.63, 3.8) is 0 Å². The average molecular weight is 220 g/mol. The number of rotatable bonds is 6. The molecule has 1 rings (SSSR count). The third-order valence-corrected chi connectivity index (χ3v) is 2.81. The third kappa shape index (κ3) is 4.69. The predicted octanol–water partition coefficient (Wildman–Crippen LogP) is 4.59. The first-order chi connectivity index (χ1) is 7.59. The molecule has 1 unspecified atom stereocenters. The van der Waals surface area contributed by atoms with Crippen LogP contribution in [0, 0.1) is 12.8 Å². The molecule has 0 aliphatic carbocycles. The molecule has 0 heterocycles. The average Bonchev–Trinajstić information content (AvgIpc) is 2.21. The van der Waals surface area contributed by atoms with Crippen molar-refractivity contribution in [1.82, 2.24) is 0 Å². The van der Waals surface area contributed by atoms with Gasteiger partial charge in [0.2, 0.25) is 0 Å². The highest BCUT2D eigenvalue weighted by Gasteiger charge is 2.06. The first kappa shape index (κ1) is 13.1. The number of para-hydroxylation sites is 1. The van der Waals surface area contributed by atoms with Gasteiger partial charge in [0.15, 0.2) is 0 Å². The standard InChI is InChI=1S/C15H24O/c1-12(2)8-7-10-14(4)16-15-11-6-5-9-13(15)3/h5-6,9,11-12,14H,7-8,10H2,1-4H3. The molecule has 1 atom stereocenters. The van der Waals surface area contributed by atoms with Crippen LogP contribution in [0.15, 0.2) is 24.3 Å². The highest BCUT2D eigenvalue weighted by Crippen LogP contribution is 2.19. The minimum Gasteiger partial charge on any atom is -0.490 e. The fourth-order valence-electron chi connectivity index (χ4n) is 1.78. The maximum Gasteiger partial charge on any atom is 0.122 e. The van der Waals surface area contributed by atoms with Crippen molar-refractivity contribution in [2.75, 3.05) is 0 Å². The second kappa shape index (κ2) is 6.57. The van der Waals surface area contributed by atoms with Crippen molar-refractivity contribution in [3.05, 3.63) is 29.8 Å². The van der Waals surface area contributed by atoms with E-state index in [-0.39, 0.29) is 0 Å². The summed E-state index contributed by atoms with van der Waals surface area (Å²) in [5.74, 6) is 1.82. The van der Waals surface area contributed by atoms with E-state index in [0.29, 0.717) is 6.10 Å². The first-order valence-corrected chi connectivity index (χ1v) is 6.32. The van der Waals surface area contributed by atoms with E-state index in [1.165, 1.54) is 18.4 Å². The summed E-state index contributed by atoms with van der Waals surface area (Å²) in [5, 5.41) is 0. The lowest BCUT2D eigenvalue weighted by Gasteiger charge is -2.16. The molecule has 0 aliphatic heterocycles. The van der Waals surface area contributed by atoms with Crippen LogP contribution in [0.2, 0.25) is 0 Å². The van der Waals surface area contributed by atoms with E-state index in [0.717, 1.165) is 18.1 Å². The predicted molar refractivity (Wildman–Crippen MR) is 70.0 cm³/mol. The van der Waals surface area contributed by atoms with E-state index >= 15 is 0 Å². The van der Waals surface area contributed by atoms with Gasteiger partial charge in [0.25, 0.3) is 0 Å². The van der Waals surface area contributed by atoms with Gasteiger partial charge in [-0.05, 0) is 44.2 Å². The number of ether oxygens (including phenoxy) is 1. The summed E-state index contributed by atoms with van der Waals surface area (Å²) in [6.07, 6.45) is 4.01. The van der Waals surface area contributed by atoms with Crippen LogP contribution in [-0.2, 0) is 0 Å². The van der Waals surface area contributed by atoms with Gasteiger partial charge < -0.3 is 4.74 Å². The molecule has 0 N–H and O–H groups in total. The Morgan fingerprint density at radius 2 is 1.75 bits per heavy atom. The third-order valence-electron chi connectivity index (χ3n) is 2.81. The summed E-state index contributed by atoms with van der Waals surface area (Å²) >= 11 is 0. The summed E-state index contributed by atoms with van der Waals surface area (Å²) in [4.78, 5) is 0. The normalized spacial score (nSPS) is 12.8. The fourth-order valence-corrected chi connectivity index (χ4v) is 1.78. The van der Waals surface area contributed by atoms with Gasteiger partial charge in [0.1, 0.15) is 5.75 Å². The summed E-state index contributed by atoms with van der Waals surface area (Å²) < 4.78 is 5.93. The minimum absolute atomic E-state index is 0.319. The molecule has 0 bridgehead atoms. The monoisotopic (exact) mass is 220 g/mol. The maximum absolute atomic E-state index is 5.93. The molecular formula is C15H24O. The number of aryl methyl sites for hydroxylation is 1. The minimum atomic E-state index is 0.319. The second-order valence-electron chi connectivity index (χ2n) is 5.02. The Hall–Kier alpha value is -0.980. The van der Waals surface area contributed by atoms with Gasteiger partial charge in [-0.15, -0.1) is 0 Å². The van der Waals surface area contributed by atoms with Crippen LogP contribution in [0.5, 0.6) is 5.75 Å². The van der Waals surface area contributed by atoms with E-state index in [4.69, 9.17) is 4.74 Å². The van der Waals surface area contributed by atoms with Crippen molar-refractivity contribution in [2.24, 2.45) is 5.92 Å². The smallest absolute Gasteiger partial charge is 0.122 e. The van der Waals surface area contributed by atoms with Crippen molar-refractivity contribution in [2.45, 2.75) is 53.1 Å². The van der Waals surface area contributed by atoms with Crippen molar-refractivity contribution in [1.29, 1.82) is 0 Å². The van der Waals surface area contributed by atoms with Gasteiger partial charge in [-0.1, -0.05) is 38.5 Å². The van der Waals surface area contributed by atoms with Crippen LogP contribution >= 0.6 is 0 Å². The van der Waals surface area contributed by atoms with Crippen LogP contribution < -0.4 is 4.74 Å². The molecule has 1 aromatic carbocycles. The Balaban J connectivity index is 2.34. The molecule has 0 aromatic heterocycles. The van der Waals surface area contributed by atoms with E-state index in [2.05, 4.69) is 33.8 Å². The molecule has 0 fully saturated rings. The molecule has 16 heavy (non-hydrogen) atoms. The van der Waals surface area contributed by atoms with Crippen molar-refractivity contribution >= 4 is 0 Å². The van der Waals surface area contributed by atoms with Crippen LogP contribution in [0.25, 0.3) is 0 Å². The fraction of sp³-hybridized carbons (Fsp3) is 0.600. The van der Waals surface area contributed by atoms with Gasteiger partial charge in [0.05, 0.1) is 6.10 Å². The van der Waals surface area contributed by atoms with Gasteiger partial charge in [-0.25, -0.2) is 0 Å². The van der Waals surface area contributed by atoms with E-state index in [9.17, 15) is 0 Å². The summed E-state index contributed by atoms with van der Waals surface area (Å²) in [6, 6.07) is 8.22. The topological polar surface area (TPSA) is 9.23 Å². The largest absolute Gasteiger partial charge is 0.490 e. The van der Waals surface area contributed by atoms with Gasteiger partial charge >= 0.3 is 0 Å². The molecule has 1 heteroatoms. The molecule has 0 amide bonds. The summed E-state index contributed by atoms with van der Waals surface area (Å²) in [6.45, 7) is 8.79. The highest BCUT2D eigenvalue weighted by molar-refractivity contribution is 5.31. The van der Waals surface area contributed by atoms with Crippen molar-refractivity contribution < 1.29 is 4.74 Å². The Bertz CT molecular complexity index is 304. The molecule has 1 nitrogen and oxygen atoms in total. The van der Waals surface area contributed by atoms with Gasteiger partial charge in [-0.2, -0.15) is 0 Å². The number of hydrogen-bond acceptors (Lipinski definition) is 1. The zero-order valence-corrected chi connectivity index (χ0v) is 11.0. The highest BCUT2D eigenvalue weighted by atomic mass is 16.5. The second-order valence-corrected chi connectivity index (χ2v) is 5.02. The summed E-state index contributed by atoms with van der Waals surface area (Å²) in [5.41, 5.74) is 1.22. The summed E-state index contributed by atoms with van der Waals surface area (Å²) in [7, 11) is 0. The lowest BCUT2D eigenvalue weighted by Crippen LogP contribution is -2.12. The quantitative estimate of drug-likeness (QED) is 0.681. The van der Waals surface area contributed by atoms with Crippen molar-refractivity contribution in [3.8, 4) is 5.75 Å². The molecule has 1 aromatic rings. The van der Waals surface area contributed by atoms with Gasteiger partial charge in [-0.3, -0.25) is 0 Å². The molecule has 90 valence electrons. The van der Waals surface area contributed by atoms with Crippen LogP contribution in [-0.4, -0.2) is 6.10 Å². The van der Waals surface area contributed by atoms with Crippen LogP contribution in [0.1, 0.15) is 45.6 Å². The van der Waals surface area contributed by atoms with Crippen LogP contribution in [0.3, 0.4) is 0 Å². The Labute approximate surface area is 99.8 Å². The van der Waals surface area contributed by atoms with E-state index in [1.54, 1.807) is 0 Å². The lowest BCUT2D eigenvalue weighted by molar-refractivity contribution is 0.203. The molecule has 0 saturated heterocycles. The molecule has 0 saturated carbocycles. The molecular weight excluding hydrogens is 196 g/mol. The molecule has 0 radical (unpaired) electrons. The van der Waals surface area contributed by atoms with E-state index < -0.39 is 0 Å². The molecule has 0 aliphatic rings. The Morgan fingerprint density at radius 3 is 2.38 bits per heavy atom. The van der Waals surface area contributed by atoms with Gasteiger partial charge in [0, 0.05) is 0 Å². The van der Waals surface area contributed by atoms with Crippen LogP contribution in [0.4, 0.5) is 0 Å². The number of benzene rings is 1. The number of hydrogen-bond donors (Lipinski definition) is 0. The SMILES string of the molecule is Cc1ccccc1OC(C)CCCC(C)C. The Morgan fingerprint density at radius 1 is 1.06 bits per heavy atom. The lowest BCUT2D eigenvalue weighted by atomic mass is 10.0. The zero-order valence-electron chi connectivity index (χ0n) is 11.0.